The molecular weight excluding hydrogens is 322 g/mol. The van der Waals surface area contributed by atoms with E-state index in [4.69, 9.17) is 4.52 Å². The van der Waals surface area contributed by atoms with Crippen LogP contribution in [-0.2, 0) is 0 Å². The number of phenols is 1. The number of benzene rings is 1. The third-order valence-corrected chi connectivity index (χ3v) is 3.29. The summed E-state index contributed by atoms with van der Waals surface area (Å²) in [5, 5.41) is 13.9. The average Bonchev–Trinajstić information content (AvgIpc) is 2.91. The fourth-order valence-corrected chi connectivity index (χ4v) is 2.18. The van der Waals surface area contributed by atoms with Crippen molar-refractivity contribution in [1.29, 1.82) is 0 Å². The van der Waals surface area contributed by atoms with Crippen LogP contribution in [0.2, 0.25) is 0 Å². The van der Waals surface area contributed by atoms with Gasteiger partial charge < -0.3 is 9.63 Å². The molecule has 0 aliphatic heterocycles. The molecule has 0 aliphatic rings. The minimum atomic E-state index is 0.148. The van der Waals surface area contributed by atoms with Gasteiger partial charge in [0, 0.05) is 22.4 Å². The highest BCUT2D eigenvalue weighted by Gasteiger charge is 2.15. The molecule has 2 aromatic heterocycles. The smallest absolute Gasteiger partial charge is 0.262 e. The maximum absolute atomic E-state index is 10.0. The van der Waals surface area contributed by atoms with E-state index >= 15 is 0 Å². The normalized spacial score (nSPS) is 10.7. The number of aromatic hydroxyl groups is 1. The zero-order valence-corrected chi connectivity index (χ0v) is 12.1. The van der Waals surface area contributed by atoms with Gasteiger partial charge in [-0.25, -0.2) is 0 Å². The quantitative estimate of drug-likeness (QED) is 0.777. The zero-order valence-electron chi connectivity index (χ0n) is 10.5. The van der Waals surface area contributed by atoms with Crippen molar-refractivity contribution in [3.05, 3.63) is 46.7 Å². The van der Waals surface area contributed by atoms with E-state index in [1.54, 1.807) is 18.5 Å². The summed E-state index contributed by atoms with van der Waals surface area (Å²) in [6.07, 6.45) is 3.33. The molecule has 1 aromatic carbocycles. The first-order valence-electron chi connectivity index (χ1n) is 5.89. The lowest BCUT2D eigenvalue weighted by molar-refractivity contribution is 0.425. The molecule has 0 saturated carbocycles. The Morgan fingerprint density at radius 3 is 2.90 bits per heavy atom. The van der Waals surface area contributed by atoms with Crippen LogP contribution < -0.4 is 0 Å². The van der Waals surface area contributed by atoms with Crippen molar-refractivity contribution < 1.29 is 9.63 Å². The largest absolute Gasteiger partial charge is 0.507 e. The van der Waals surface area contributed by atoms with Crippen molar-refractivity contribution in [2.24, 2.45) is 0 Å². The van der Waals surface area contributed by atoms with Gasteiger partial charge in [-0.15, -0.1) is 0 Å². The Bertz CT molecular complexity index is 771. The molecule has 0 spiro atoms. The standard InChI is InChI=1S/C14H10BrN3O2/c1-8-3-2-4-11(12(8)19)14-17-13(18-20-14)9-5-10(15)7-16-6-9/h2-7,19H,1H3. The van der Waals surface area contributed by atoms with Gasteiger partial charge in [0.05, 0.1) is 5.56 Å². The van der Waals surface area contributed by atoms with Crippen LogP contribution in [0, 0.1) is 6.92 Å². The Morgan fingerprint density at radius 2 is 2.10 bits per heavy atom. The number of hydrogen-bond donors (Lipinski definition) is 1. The van der Waals surface area contributed by atoms with E-state index in [1.165, 1.54) is 0 Å². The third-order valence-electron chi connectivity index (χ3n) is 2.86. The molecule has 0 unspecified atom stereocenters. The van der Waals surface area contributed by atoms with Crippen LogP contribution in [0.5, 0.6) is 5.75 Å². The highest BCUT2D eigenvalue weighted by molar-refractivity contribution is 9.10. The van der Waals surface area contributed by atoms with Crippen LogP contribution in [0.1, 0.15) is 5.56 Å². The van der Waals surface area contributed by atoms with E-state index in [2.05, 4.69) is 31.1 Å². The summed E-state index contributed by atoms with van der Waals surface area (Å²) >= 11 is 3.34. The van der Waals surface area contributed by atoms with Crippen LogP contribution in [0.25, 0.3) is 22.8 Å². The monoisotopic (exact) mass is 331 g/mol. The van der Waals surface area contributed by atoms with E-state index in [9.17, 15) is 5.11 Å². The first-order valence-corrected chi connectivity index (χ1v) is 6.68. The van der Waals surface area contributed by atoms with Gasteiger partial charge in [0.1, 0.15) is 5.75 Å². The molecule has 0 amide bonds. The maximum atomic E-state index is 10.0. The Balaban J connectivity index is 2.04. The first-order chi connectivity index (χ1) is 9.65. The topological polar surface area (TPSA) is 72.0 Å². The first kappa shape index (κ1) is 12.8. The van der Waals surface area contributed by atoms with Gasteiger partial charge in [0.2, 0.25) is 5.82 Å². The molecule has 6 heteroatoms. The highest BCUT2D eigenvalue weighted by atomic mass is 79.9. The second-order valence-electron chi connectivity index (χ2n) is 4.29. The molecule has 0 atom stereocenters. The lowest BCUT2D eigenvalue weighted by Crippen LogP contribution is -1.84. The minimum Gasteiger partial charge on any atom is -0.507 e. The van der Waals surface area contributed by atoms with Gasteiger partial charge in [-0.3, -0.25) is 4.98 Å². The van der Waals surface area contributed by atoms with Crippen molar-refractivity contribution in [2.75, 3.05) is 0 Å². The Hall–Kier alpha value is -2.21. The number of halogens is 1. The third kappa shape index (κ3) is 2.30. The van der Waals surface area contributed by atoms with Gasteiger partial charge in [0.25, 0.3) is 5.89 Å². The summed E-state index contributed by atoms with van der Waals surface area (Å²) < 4.78 is 6.05. The maximum Gasteiger partial charge on any atom is 0.262 e. The molecule has 1 N–H and O–H groups in total. The SMILES string of the molecule is Cc1cccc(-c2nc(-c3cncc(Br)c3)no2)c1O. The summed E-state index contributed by atoms with van der Waals surface area (Å²) in [6.45, 7) is 1.81. The number of para-hydroxylation sites is 1. The van der Waals surface area contributed by atoms with Crippen LogP contribution in [0.15, 0.2) is 45.7 Å². The molecule has 3 rings (SSSR count). The predicted octanol–water partition coefficient (Wildman–Crippen LogP) is 3.58. The van der Waals surface area contributed by atoms with Gasteiger partial charge in [-0.1, -0.05) is 17.3 Å². The molecule has 0 aliphatic carbocycles. The van der Waals surface area contributed by atoms with E-state index in [1.807, 2.05) is 25.1 Å². The number of hydrogen-bond acceptors (Lipinski definition) is 5. The van der Waals surface area contributed by atoms with Gasteiger partial charge in [-0.2, -0.15) is 4.98 Å². The second kappa shape index (κ2) is 5.05. The van der Waals surface area contributed by atoms with Crippen molar-refractivity contribution in [2.45, 2.75) is 6.92 Å². The molecule has 2 heterocycles. The number of aromatic nitrogens is 3. The Kier molecular flexibility index (Phi) is 3.23. The molecule has 100 valence electrons. The number of aryl methyl sites for hydroxylation is 1. The van der Waals surface area contributed by atoms with Crippen molar-refractivity contribution in [3.63, 3.8) is 0 Å². The van der Waals surface area contributed by atoms with Crippen LogP contribution in [0.3, 0.4) is 0 Å². The highest BCUT2D eigenvalue weighted by Crippen LogP contribution is 2.31. The Labute approximate surface area is 123 Å². The summed E-state index contributed by atoms with van der Waals surface area (Å²) in [6, 6.07) is 7.22. The van der Waals surface area contributed by atoms with Gasteiger partial charge in [0.15, 0.2) is 0 Å². The van der Waals surface area contributed by atoms with E-state index < -0.39 is 0 Å². The zero-order chi connectivity index (χ0) is 14.1. The van der Waals surface area contributed by atoms with Gasteiger partial charge >= 0.3 is 0 Å². The molecular formula is C14H10BrN3O2. The van der Waals surface area contributed by atoms with E-state index in [0.29, 0.717) is 11.4 Å². The average molecular weight is 332 g/mol. The minimum absolute atomic E-state index is 0.148. The molecule has 3 aromatic rings. The lowest BCUT2D eigenvalue weighted by Gasteiger charge is -2.01. The van der Waals surface area contributed by atoms with Crippen LogP contribution in [-0.4, -0.2) is 20.2 Å². The molecule has 0 fully saturated rings. The number of nitrogens with zero attached hydrogens (tertiary/aromatic N) is 3. The fraction of sp³-hybridized carbons (Fsp3) is 0.0714. The second-order valence-corrected chi connectivity index (χ2v) is 5.20. The summed E-state index contributed by atoms with van der Waals surface area (Å²) in [5.41, 5.74) is 2.01. The number of phenolic OH excluding ortho intramolecular Hbond substituents is 1. The number of rotatable bonds is 2. The Morgan fingerprint density at radius 1 is 1.25 bits per heavy atom. The molecule has 0 saturated heterocycles. The predicted molar refractivity (Wildman–Crippen MR) is 77.1 cm³/mol. The van der Waals surface area contributed by atoms with E-state index in [-0.39, 0.29) is 11.6 Å². The molecule has 20 heavy (non-hydrogen) atoms. The number of pyridine rings is 1. The summed E-state index contributed by atoms with van der Waals surface area (Å²) in [5.74, 6) is 0.853. The van der Waals surface area contributed by atoms with Crippen molar-refractivity contribution in [1.82, 2.24) is 15.1 Å². The lowest BCUT2D eigenvalue weighted by atomic mass is 10.1. The van der Waals surface area contributed by atoms with Gasteiger partial charge in [-0.05, 0) is 40.5 Å². The summed E-state index contributed by atoms with van der Waals surface area (Å²) in [7, 11) is 0. The van der Waals surface area contributed by atoms with Crippen LogP contribution in [0.4, 0.5) is 0 Å². The molecule has 5 nitrogen and oxygen atoms in total. The molecule has 0 radical (unpaired) electrons. The van der Waals surface area contributed by atoms with E-state index in [0.717, 1.165) is 15.6 Å². The summed E-state index contributed by atoms with van der Waals surface area (Å²) in [4.78, 5) is 8.35. The van der Waals surface area contributed by atoms with Crippen molar-refractivity contribution >= 4 is 15.9 Å². The van der Waals surface area contributed by atoms with Crippen LogP contribution >= 0.6 is 15.9 Å². The van der Waals surface area contributed by atoms with Crippen molar-refractivity contribution in [3.8, 4) is 28.6 Å². The molecule has 0 bridgehead atoms. The fourth-order valence-electron chi connectivity index (χ4n) is 1.82.